The van der Waals surface area contributed by atoms with Gasteiger partial charge in [0.2, 0.25) is 11.8 Å². The van der Waals surface area contributed by atoms with Crippen LogP contribution in [0.5, 0.6) is 0 Å². The zero-order chi connectivity index (χ0) is 26.2. The monoisotopic (exact) mass is 502 g/mol. The van der Waals surface area contributed by atoms with Crippen molar-refractivity contribution in [2.45, 2.75) is 65.0 Å². The highest BCUT2D eigenvalue weighted by Crippen LogP contribution is 2.25. The molecular weight excluding hydrogens is 468 g/mol. The van der Waals surface area contributed by atoms with Gasteiger partial charge in [-0.05, 0) is 79.8 Å². The van der Waals surface area contributed by atoms with Crippen molar-refractivity contribution in [2.24, 2.45) is 5.92 Å². The van der Waals surface area contributed by atoms with Crippen LogP contribution in [0.2, 0.25) is 0 Å². The Labute approximate surface area is 210 Å². The molecule has 0 aliphatic carbocycles. The first-order valence-corrected chi connectivity index (χ1v) is 12.4. The Morgan fingerprint density at radius 2 is 1.66 bits per heavy atom. The predicted molar refractivity (Wildman–Crippen MR) is 135 cm³/mol. The zero-order valence-electron chi connectivity index (χ0n) is 21.0. The van der Waals surface area contributed by atoms with Crippen molar-refractivity contribution in [1.82, 2.24) is 5.32 Å². The van der Waals surface area contributed by atoms with Gasteiger partial charge in [0.15, 0.2) is 0 Å². The number of thiophene rings is 1. The Hall–Kier alpha value is -3.20. The number of ether oxygens (including phenoxy) is 2. The van der Waals surface area contributed by atoms with Crippen LogP contribution < -0.4 is 10.6 Å². The van der Waals surface area contributed by atoms with E-state index in [1.807, 2.05) is 24.6 Å². The summed E-state index contributed by atoms with van der Waals surface area (Å²) in [6, 6.07) is 7.25. The van der Waals surface area contributed by atoms with Crippen LogP contribution in [0.1, 0.15) is 69.3 Å². The van der Waals surface area contributed by atoms with Crippen molar-refractivity contribution in [3.8, 4) is 0 Å². The summed E-state index contributed by atoms with van der Waals surface area (Å²) in [6.07, 6.45) is 0.269. The zero-order valence-corrected chi connectivity index (χ0v) is 21.9. The minimum absolute atomic E-state index is 0.123. The summed E-state index contributed by atoms with van der Waals surface area (Å²) in [7, 11) is 1.30. The maximum absolute atomic E-state index is 13.3. The SMILES string of the molecule is COC(=O)c1ccc(NC(=O)C(CC(C)C)NC(=O)C(CC(=O)OC(C)(C)C)c2ccsc2)cc1. The Morgan fingerprint density at radius 3 is 2.17 bits per heavy atom. The molecule has 0 saturated carbocycles. The van der Waals surface area contributed by atoms with Crippen molar-refractivity contribution in [1.29, 1.82) is 0 Å². The molecule has 2 rings (SSSR count). The van der Waals surface area contributed by atoms with Crippen molar-refractivity contribution in [3.05, 3.63) is 52.2 Å². The third-order valence-electron chi connectivity index (χ3n) is 4.97. The highest BCUT2D eigenvalue weighted by Gasteiger charge is 2.31. The second kappa shape index (κ2) is 12.5. The Balaban J connectivity index is 2.17. The van der Waals surface area contributed by atoms with Gasteiger partial charge in [0, 0.05) is 5.69 Å². The summed E-state index contributed by atoms with van der Waals surface area (Å²) in [5.41, 5.74) is 0.864. The second-order valence-electron chi connectivity index (χ2n) is 9.65. The number of hydrogen-bond acceptors (Lipinski definition) is 7. The van der Waals surface area contributed by atoms with Crippen LogP contribution in [-0.2, 0) is 23.9 Å². The first kappa shape index (κ1) is 28.0. The number of esters is 2. The number of carbonyl (C=O) groups is 4. The van der Waals surface area contributed by atoms with E-state index in [0.29, 0.717) is 23.2 Å². The molecule has 1 aromatic carbocycles. The van der Waals surface area contributed by atoms with E-state index in [2.05, 4.69) is 15.4 Å². The number of rotatable bonds is 10. The summed E-state index contributed by atoms with van der Waals surface area (Å²) in [5, 5.41) is 9.27. The highest BCUT2D eigenvalue weighted by atomic mass is 32.1. The van der Waals surface area contributed by atoms with Gasteiger partial charge in [-0.25, -0.2) is 4.79 Å². The molecule has 2 aromatic rings. The van der Waals surface area contributed by atoms with Crippen molar-refractivity contribution in [2.75, 3.05) is 12.4 Å². The molecule has 1 heterocycles. The maximum Gasteiger partial charge on any atom is 0.337 e. The van der Waals surface area contributed by atoms with Gasteiger partial charge >= 0.3 is 11.9 Å². The van der Waals surface area contributed by atoms with Gasteiger partial charge in [-0.1, -0.05) is 13.8 Å². The lowest BCUT2D eigenvalue weighted by atomic mass is 9.95. The van der Waals surface area contributed by atoms with Gasteiger partial charge < -0.3 is 20.1 Å². The number of methoxy groups -OCH3 is 1. The molecule has 0 saturated heterocycles. The number of benzene rings is 1. The van der Waals surface area contributed by atoms with Gasteiger partial charge in [0.1, 0.15) is 11.6 Å². The van der Waals surface area contributed by atoms with Gasteiger partial charge in [-0.15, -0.1) is 0 Å². The van der Waals surface area contributed by atoms with Gasteiger partial charge in [0.05, 0.1) is 25.0 Å². The van der Waals surface area contributed by atoms with Crippen molar-refractivity contribution >= 4 is 40.8 Å². The highest BCUT2D eigenvalue weighted by molar-refractivity contribution is 7.08. The molecule has 0 bridgehead atoms. The van der Waals surface area contributed by atoms with E-state index >= 15 is 0 Å². The smallest absolute Gasteiger partial charge is 0.337 e. The van der Waals surface area contributed by atoms with E-state index in [1.165, 1.54) is 18.4 Å². The molecule has 9 heteroatoms. The molecule has 0 spiro atoms. The summed E-state index contributed by atoms with van der Waals surface area (Å²) in [5.74, 6) is -2.43. The number of hydrogen-bond donors (Lipinski definition) is 2. The summed E-state index contributed by atoms with van der Waals surface area (Å²) < 4.78 is 10.1. The third-order valence-corrected chi connectivity index (χ3v) is 5.67. The van der Waals surface area contributed by atoms with Crippen LogP contribution in [-0.4, -0.2) is 42.5 Å². The fourth-order valence-corrected chi connectivity index (χ4v) is 4.11. The third kappa shape index (κ3) is 9.16. The molecule has 0 aliphatic rings. The largest absolute Gasteiger partial charge is 0.465 e. The summed E-state index contributed by atoms with van der Waals surface area (Å²) in [4.78, 5) is 50.5. The fourth-order valence-electron chi connectivity index (χ4n) is 3.40. The molecule has 2 atom stereocenters. The van der Waals surface area contributed by atoms with Crippen molar-refractivity contribution in [3.63, 3.8) is 0 Å². The first-order chi connectivity index (χ1) is 16.4. The molecule has 2 N–H and O–H groups in total. The molecule has 8 nitrogen and oxygen atoms in total. The number of carbonyl (C=O) groups excluding carboxylic acids is 4. The lowest BCUT2D eigenvalue weighted by Gasteiger charge is -2.24. The Morgan fingerprint density at radius 1 is 1.00 bits per heavy atom. The van der Waals surface area contributed by atoms with E-state index in [1.54, 1.807) is 51.1 Å². The quantitative estimate of drug-likeness (QED) is 0.462. The maximum atomic E-state index is 13.3. The fraction of sp³-hybridized carbons (Fsp3) is 0.462. The Kier molecular flexibility index (Phi) is 10.0. The molecule has 2 unspecified atom stereocenters. The predicted octanol–water partition coefficient (Wildman–Crippen LogP) is 4.52. The molecule has 190 valence electrons. The molecule has 2 amide bonds. The summed E-state index contributed by atoms with van der Waals surface area (Å²) >= 11 is 1.42. The standard InChI is InChI=1S/C26H34N2O6S/c1-16(2)13-21(24(31)27-19-9-7-17(8-10-19)25(32)33-6)28-23(30)20(18-11-12-35-15-18)14-22(29)34-26(3,4)5/h7-12,15-16,20-21H,13-14H2,1-6H3,(H,27,31)(H,28,30). The Bertz CT molecular complexity index is 1010. The average molecular weight is 503 g/mol. The van der Waals surface area contributed by atoms with E-state index in [-0.39, 0.29) is 18.2 Å². The van der Waals surface area contributed by atoms with Crippen LogP contribution >= 0.6 is 11.3 Å². The molecule has 1 aromatic heterocycles. The summed E-state index contributed by atoms with van der Waals surface area (Å²) in [6.45, 7) is 9.21. The van der Waals surface area contributed by atoms with E-state index in [9.17, 15) is 19.2 Å². The normalized spacial score (nSPS) is 13.0. The van der Waals surface area contributed by atoms with E-state index in [0.717, 1.165) is 0 Å². The van der Waals surface area contributed by atoms with Gasteiger partial charge in [0.25, 0.3) is 0 Å². The van der Waals surface area contributed by atoms with Crippen molar-refractivity contribution < 1.29 is 28.7 Å². The van der Waals surface area contributed by atoms with Crippen LogP contribution in [0.25, 0.3) is 0 Å². The van der Waals surface area contributed by atoms with Crippen LogP contribution in [0.4, 0.5) is 5.69 Å². The molecule has 0 radical (unpaired) electrons. The minimum atomic E-state index is -0.817. The molecular formula is C26H34N2O6S. The first-order valence-electron chi connectivity index (χ1n) is 11.4. The molecule has 0 fully saturated rings. The molecule has 0 aliphatic heterocycles. The minimum Gasteiger partial charge on any atom is -0.465 e. The van der Waals surface area contributed by atoms with Gasteiger partial charge in [-0.3, -0.25) is 14.4 Å². The second-order valence-corrected chi connectivity index (χ2v) is 10.4. The molecule has 35 heavy (non-hydrogen) atoms. The lowest BCUT2D eigenvalue weighted by Crippen LogP contribution is -2.46. The van der Waals surface area contributed by atoms with E-state index in [4.69, 9.17) is 4.74 Å². The van der Waals surface area contributed by atoms with Crippen LogP contribution in [0, 0.1) is 5.92 Å². The number of anilines is 1. The number of nitrogens with one attached hydrogen (secondary N) is 2. The van der Waals surface area contributed by atoms with Gasteiger partial charge in [-0.2, -0.15) is 11.3 Å². The van der Waals surface area contributed by atoms with Crippen LogP contribution in [0.3, 0.4) is 0 Å². The number of amides is 2. The topological polar surface area (TPSA) is 111 Å². The van der Waals surface area contributed by atoms with E-state index < -0.39 is 35.4 Å². The lowest BCUT2D eigenvalue weighted by molar-refractivity contribution is -0.156. The average Bonchev–Trinajstić information content (AvgIpc) is 3.30. The van der Waals surface area contributed by atoms with Crippen LogP contribution in [0.15, 0.2) is 41.1 Å².